The van der Waals surface area contributed by atoms with E-state index < -0.39 is 0 Å². The van der Waals surface area contributed by atoms with Crippen LogP contribution in [0.15, 0.2) is 24.4 Å². The maximum absolute atomic E-state index is 6.17. The van der Waals surface area contributed by atoms with Gasteiger partial charge in [-0.2, -0.15) is 5.10 Å². The van der Waals surface area contributed by atoms with Crippen LogP contribution in [-0.2, 0) is 12.8 Å². The van der Waals surface area contributed by atoms with E-state index in [0.717, 1.165) is 29.1 Å². The van der Waals surface area contributed by atoms with E-state index in [1.54, 1.807) is 0 Å². The second-order valence-corrected chi connectivity index (χ2v) is 4.76. The standard InChI is InChI=1S/C14H18ClN3/c1-3-14-11(6-7-16)9-17-18(14)12-5-4-10(2)13(15)8-12/h4-5,8-9H,3,6-7,16H2,1-2H3. The van der Waals surface area contributed by atoms with Crippen LogP contribution in [0.3, 0.4) is 0 Å². The first-order valence-electron chi connectivity index (χ1n) is 6.19. The van der Waals surface area contributed by atoms with Gasteiger partial charge in [0, 0.05) is 10.7 Å². The molecule has 0 aliphatic heterocycles. The summed E-state index contributed by atoms with van der Waals surface area (Å²) in [5, 5.41) is 5.22. The molecule has 18 heavy (non-hydrogen) atoms. The van der Waals surface area contributed by atoms with E-state index in [0.29, 0.717) is 6.54 Å². The Balaban J connectivity index is 2.46. The van der Waals surface area contributed by atoms with Crippen molar-refractivity contribution in [3.05, 3.63) is 46.2 Å². The number of aryl methyl sites for hydroxylation is 1. The minimum absolute atomic E-state index is 0.646. The molecule has 1 aromatic carbocycles. The summed E-state index contributed by atoms with van der Waals surface area (Å²) in [6, 6.07) is 6.01. The normalized spacial score (nSPS) is 10.9. The van der Waals surface area contributed by atoms with E-state index in [2.05, 4.69) is 12.0 Å². The molecule has 0 radical (unpaired) electrons. The van der Waals surface area contributed by atoms with Gasteiger partial charge in [0.1, 0.15) is 0 Å². The van der Waals surface area contributed by atoms with Crippen molar-refractivity contribution >= 4 is 11.6 Å². The van der Waals surface area contributed by atoms with Gasteiger partial charge in [-0.1, -0.05) is 24.6 Å². The molecule has 0 aliphatic carbocycles. The molecule has 0 atom stereocenters. The topological polar surface area (TPSA) is 43.8 Å². The summed E-state index contributed by atoms with van der Waals surface area (Å²) in [7, 11) is 0. The van der Waals surface area contributed by atoms with Crippen molar-refractivity contribution in [2.24, 2.45) is 5.73 Å². The van der Waals surface area contributed by atoms with Crippen molar-refractivity contribution in [1.82, 2.24) is 9.78 Å². The number of benzene rings is 1. The first-order valence-corrected chi connectivity index (χ1v) is 6.57. The summed E-state index contributed by atoms with van der Waals surface area (Å²) in [6.07, 6.45) is 3.70. The SMILES string of the molecule is CCc1c(CCN)cnn1-c1ccc(C)c(Cl)c1. The minimum Gasteiger partial charge on any atom is -0.330 e. The van der Waals surface area contributed by atoms with Crippen molar-refractivity contribution in [2.75, 3.05) is 6.54 Å². The first kappa shape index (κ1) is 13.1. The molecule has 4 heteroatoms. The molecule has 0 unspecified atom stereocenters. The highest BCUT2D eigenvalue weighted by molar-refractivity contribution is 6.31. The Morgan fingerprint density at radius 2 is 2.17 bits per heavy atom. The van der Waals surface area contributed by atoms with E-state index in [9.17, 15) is 0 Å². The zero-order chi connectivity index (χ0) is 13.1. The molecule has 0 aliphatic rings. The third kappa shape index (κ3) is 2.42. The Bertz CT molecular complexity index is 546. The highest BCUT2D eigenvalue weighted by Gasteiger charge is 2.10. The lowest BCUT2D eigenvalue weighted by Crippen LogP contribution is -2.06. The van der Waals surface area contributed by atoms with Crippen molar-refractivity contribution in [3.63, 3.8) is 0 Å². The highest BCUT2D eigenvalue weighted by atomic mass is 35.5. The third-order valence-corrected chi connectivity index (χ3v) is 3.51. The van der Waals surface area contributed by atoms with Gasteiger partial charge in [0.2, 0.25) is 0 Å². The smallest absolute Gasteiger partial charge is 0.0663 e. The van der Waals surface area contributed by atoms with E-state index in [1.807, 2.05) is 36.0 Å². The molecule has 2 aromatic rings. The fraction of sp³-hybridized carbons (Fsp3) is 0.357. The Kier molecular flexibility index (Phi) is 4.04. The number of halogens is 1. The predicted molar refractivity (Wildman–Crippen MR) is 75.4 cm³/mol. The summed E-state index contributed by atoms with van der Waals surface area (Å²) in [5.41, 5.74) is 10.1. The number of hydrogen-bond acceptors (Lipinski definition) is 2. The average Bonchev–Trinajstić information content (AvgIpc) is 2.76. The zero-order valence-corrected chi connectivity index (χ0v) is 11.5. The third-order valence-electron chi connectivity index (χ3n) is 3.10. The molecule has 0 saturated carbocycles. The number of rotatable bonds is 4. The maximum Gasteiger partial charge on any atom is 0.0663 e. The largest absolute Gasteiger partial charge is 0.330 e. The second-order valence-electron chi connectivity index (χ2n) is 4.35. The van der Waals surface area contributed by atoms with Gasteiger partial charge in [-0.25, -0.2) is 4.68 Å². The molecular weight excluding hydrogens is 246 g/mol. The fourth-order valence-corrected chi connectivity index (χ4v) is 2.26. The lowest BCUT2D eigenvalue weighted by atomic mass is 10.1. The number of hydrogen-bond donors (Lipinski definition) is 1. The van der Waals surface area contributed by atoms with Crippen LogP contribution in [0.4, 0.5) is 0 Å². The lowest BCUT2D eigenvalue weighted by Gasteiger charge is -2.09. The van der Waals surface area contributed by atoms with Crippen LogP contribution >= 0.6 is 11.6 Å². The van der Waals surface area contributed by atoms with Crippen LogP contribution in [0.25, 0.3) is 5.69 Å². The van der Waals surface area contributed by atoms with Crippen LogP contribution < -0.4 is 5.73 Å². The first-order chi connectivity index (χ1) is 8.67. The molecule has 0 spiro atoms. The lowest BCUT2D eigenvalue weighted by molar-refractivity contribution is 0.805. The van der Waals surface area contributed by atoms with E-state index in [1.165, 1.54) is 11.3 Å². The van der Waals surface area contributed by atoms with Gasteiger partial charge in [-0.15, -0.1) is 0 Å². The number of nitrogens with two attached hydrogens (primary N) is 1. The van der Waals surface area contributed by atoms with Crippen LogP contribution in [0.2, 0.25) is 5.02 Å². The average molecular weight is 264 g/mol. The predicted octanol–water partition coefficient (Wildman–Crippen LogP) is 2.90. The maximum atomic E-state index is 6.17. The molecule has 2 N–H and O–H groups in total. The zero-order valence-electron chi connectivity index (χ0n) is 10.8. The van der Waals surface area contributed by atoms with Crippen LogP contribution in [0.1, 0.15) is 23.7 Å². The quantitative estimate of drug-likeness (QED) is 0.922. The van der Waals surface area contributed by atoms with Crippen LogP contribution in [-0.4, -0.2) is 16.3 Å². The second kappa shape index (κ2) is 5.55. The highest BCUT2D eigenvalue weighted by Crippen LogP contribution is 2.22. The molecule has 1 aromatic heterocycles. The van der Waals surface area contributed by atoms with Crippen molar-refractivity contribution in [2.45, 2.75) is 26.7 Å². The van der Waals surface area contributed by atoms with Crippen LogP contribution in [0.5, 0.6) is 0 Å². The van der Waals surface area contributed by atoms with Crippen molar-refractivity contribution in [3.8, 4) is 5.69 Å². The molecule has 0 saturated heterocycles. The summed E-state index contributed by atoms with van der Waals surface area (Å²) in [6.45, 7) is 4.77. The summed E-state index contributed by atoms with van der Waals surface area (Å²) >= 11 is 6.17. The van der Waals surface area contributed by atoms with Gasteiger partial charge in [0.05, 0.1) is 11.9 Å². The summed E-state index contributed by atoms with van der Waals surface area (Å²) in [5.74, 6) is 0. The summed E-state index contributed by atoms with van der Waals surface area (Å²) in [4.78, 5) is 0. The molecule has 0 fully saturated rings. The molecule has 0 amide bonds. The van der Waals surface area contributed by atoms with Gasteiger partial charge >= 0.3 is 0 Å². The molecule has 0 bridgehead atoms. The molecular formula is C14H18ClN3. The van der Waals surface area contributed by atoms with Crippen LogP contribution in [0, 0.1) is 6.92 Å². The monoisotopic (exact) mass is 263 g/mol. The number of aromatic nitrogens is 2. The van der Waals surface area contributed by atoms with Gasteiger partial charge < -0.3 is 5.73 Å². The van der Waals surface area contributed by atoms with E-state index in [4.69, 9.17) is 17.3 Å². The van der Waals surface area contributed by atoms with E-state index in [-0.39, 0.29) is 0 Å². The Morgan fingerprint density at radius 3 is 2.78 bits per heavy atom. The molecule has 96 valence electrons. The Hall–Kier alpha value is -1.32. The number of nitrogens with zero attached hydrogens (tertiary/aromatic N) is 2. The Labute approximate surface area is 113 Å². The Morgan fingerprint density at radius 1 is 1.39 bits per heavy atom. The molecule has 3 nitrogen and oxygen atoms in total. The fourth-order valence-electron chi connectivity index (χ4n) is 2.08. The van der Waals surface area contributed by atoms with Gasteiger partial charge in [-0.3, -0.25) is 0 Å². The van der Waals surface area contributed by atoms with Crippen molar-refractivity contribution < 1.29 is 0 Å². The summed E-state index contributed by atoms with van der Waals surface area (Å²) < 4.78 is 1.95. The van der Waals surface area contributed by atoms with Gasteiger partial charge in [0.15, 0.2) is 0 Å². The van der Waals surface area contributed by atoms with Gasteiger partial charge in [0.25, 0.3) is 0 Å². The molecule has 1 heterocycles. The molecule has 2 rings (SSSR count). The van der Waals surface area contributed by atoms with E-state index >= 15 is 0 Å². The van der Waals surface area contributed by atoms with Crippen molar-refractivity contribution in [1.29, 1.82) is 0 Å². The minimum atomic E-state index is 0.646. The van der Waals surface area contributed by atoms with Gasteiger partial charge in [-0.05, 0) is 49.6 Å².